The van der Waals surface area contributed by atoms with Crippen molar-refractivity contribution >= 4 is 5.97 Å². The predicted octanol–water partition coefficient (Wildman–Crippen LogP) is 2.12. The molecule has 1 saturated heterocycles. The summed E-state index contributed by atoms with van der Waals surface area (Å²) < 4.78 is 42.9. The molecule has 1 atom stereocenters. The SMILES string of the molecule is CCOC(=O)C1CC(F)(F)CCC12OCCCO2. The van der Waals surface area contributed by atoms with E-state index in [0.29, 0.717) is 19.6 Å². The normalized spacial score (nSPS) is 30.1. The Bertz CT molecular complexity index is 313. The van der Waals surface area contributed by atoms with Crippen LogP contribution in [0.4, 0.5) is 8.78 Å². The molecule has 0 aromatic rings. The van der Waals surface area contributed by atoms with Crippen LogP contribution < -0.4 is 0 Å². The number of alkyl halides is 2. The number of esters is 1. The molecule has 4 nitrogen and oxygen atoms in total. The van der Waals surface area contributed by atoms with Crippen molar-refractivity contribution in [3.8, 4) is 0 Å². The van der Waals surface area contributed by atoms with Gasteiger partial charge < -0.3 is 14.2 Å². The predicted molar refractivity (Wildman–Crippen MR) is 58.2 cm³/mol. The summed E-state index contributed by atoms with van der Waals surface area (Å²) in [6.07, 6.45) is -0.133. The van der Waals surface area contributed by atoms with Gasteiger partial charge in [-0.15, -0.1) is 0 Å². The van der Waals surface area contributed by atoms with E-state index in [2.05, 4.69) is 0 Å². The van der Waals surface area contributed by atoms with E-state index in [1.807, 2.05) is 0 Å². The van der Waals surface area contributed by atoms with Gasteiger partial charge in [-0.25, -0.2) is 8.78 Å². The molecule has 0 radical (unpaired) electrons. The lowest BCUT2D eigenvalue weighted by atomic mass is 9.80. The number of carbonyl (C=O) groups excluding carboxylic acids is 1. The highest BCUT2D eigenvalue weighted by molar-refractivity contribution is 5.74. The molecule has 1 unspecified atom stereocenters. The molecule has 0 N–H and O–H groups in total. The van der Waals surface area contributed by atoms with E-state index >= 15 is 0 Å². The van der Waals surface area contributed by atoms with Gasteiger partial charge in [0.2, 0.25) is 5.92 Å². The van der Waals surface area contributed by atoms with Gasteiger partial charge in [-0.1, -0.05) is 0 Å². The summed E-state index contributed by atoms with van der Waals surface area (Å²) in [5.74, 6) is -5.75. The van der Waals surface area contributed by atoms with Crippen LogP contribution in [0.1, 0.15) is 32.6 Å². The summed E-state index contributed by atoms with van der Waals surface area (Å²) in [5.41, 5.74) is 0. The van der Waals surface area contributed by atoms with Gasteiger partial charge in [0.1, 0.15) is 5.92 Å². The number of hydrogen-bond acceptors (Lipinski definition) is 4. The molecule has 2 rings (SSSR count). The molecule has 1 saturated carbocycles. The van der Waals surface area contributed by atoms with Gasteiger partial charge in [0.05, 0.1) is 19.8 Å². The Labute approximate surface area is 105 Å². The van der Waals surface area contributed by atoms with Gasteiger partial charge in [-0.3, -0.25) is 4.79 Å². The van der Waals surface area contributed by atoms with Gasteiger partial charge in [-0.2, -0.15) is 0 Å². The Morgan fingerprint density at radius 1 is 1.33 bits per heavy atom. The summed E-state index contributed by atoms with van der Waals surface area (Å²) in [7, 11) is 0. The Hall–Kier alpha value is -0.750. The summed E-state index contributed by atoms with van der Waals surface area (Å²) in [5, 5.41) is 0. The van der Waals surface area contributed by atoms with Crippen molar-refractivity contribution in [2.75, 3.05) is 19.8 Å². The zero-order chi connectivity index (χ0) is 13.2. The molecule has 1 spiro atoms. The summed E-state index contributed by atoms with van der Waals surface area (Å²) >= 11 is 0. The fourth-order valence-corrected chi connectivity index (χ4v) is 2.53. The molecular weight excluding hydrogens is 246 g/mol. The Morgan fingerprint density at radius 3 is 2.61 bits per heavy atom. The third kappa shape index (κ3) is 2.64. The van der Waals surface area contributed by atoms with Crippen LogP contribution in [-0.4, -0.2) is 37.5 Å². The monoisotopic (exact) mass is 264 g/mol. The lowest BCUT2D eigenvalue weighted by molar-refractivity contribution is -0.319. The minimum Gasteiger partial charge on any atom is -0.466 e. The number of hydrogen-bond donors (Lipinski definition) is 0. The lowest BCUT2D eigenvalue weighted by Crippen LogP contribution is -2.55. The van der Waals surface area contributed by atoms with Crippen LogP contribution in [-0.2, 0) is 19.0 Å². The van der Waals surface area contributed by atoms with Gasteiger partial charge in [-0.05, 0) is 13.3 Å². The summed E-state index contributed by atoms with van der Waals surface area (Å²) in [4.78, 5) is 11.8. The average molecular weight is 264 g/mol. The highest BCUT2D eigenvalue weighted by atomic mass is 19.3. The molecule has 0 aromatic heterocycles. The molecule has 1 aliphatic heterocycles. The first-order chi connectivity index (χ1) is 8.49. The number of rotatable bonds is 2. The van der Waals surface area contributed by atoms with Crippen molar-refractivity contribution in [2.45, 2.75) is 44.3 Å². The molecule has 0 amide bonds. The molecule has 1 heterocycles. The number of ether oxygens (including phenoxy) is 3. The smallest absolute Gasteiger partial charge is 0.314 e. The molecule has 2 aliphatic rings. The van der Waals surface area contributed by atoms with Crippen LogP contribution in [0.2, 0.25) is 0 Å². The maximum Gasteiger partial charge on any atom is 0.314 e. The Morgan fingerprint density at radius 2 is 2.00 bits per heavy atom. The number of carbonyl (C=O) groups is 1. The second-order valence-electron chi connectivity index (χ2n) is 4.73. The van der Waals surface area contributed by atoms with Crippen molar-refractivity contribution in [3.63, 3.8) is 0 Å². The van der Waals surface area contributed by atoms with Gasteiger partial charge >= 0.3 is 5.97 Å². The van der Waals surface area contributed by atoms with E-state index < -0.39 is 30.0 Å². The molecule has 1 aliphatic carbocycles. The van der Waals surface area contributed by atoms with Crippen LogP contribution >= 0.6 is 0 Å². The van der Waals surface area contributed by atoms with Crippen molar-refractivity contribution in [3.05, 3.63) is 0 Å². The molecule has 104 valence electrons. The highest BCUT2D eigenvalue weighted by Gasteiger charge is 2.56. The van der Waals surface area contributed by atoms with E-state index in [1.165, 1.54) is 0 Å². The summed E-state index contributed by atoms with van der Waals surface area (Å²) in [6, 6.07) is 0. The zero-order valence-electron chi connectivity index (χ0n) is 10.4. The van der Waals surface area contributed by atoms with Crippen molar-refractivity contribution in [1.82, 2.24) is 0 Å². The Balaban J connectivity index is 2.18. The van der Waals surface area contributed by atoms with Crippen molar-refractivity contribution in [2.24, 2.45) is 5.92 Å². The minimum absolute atomic E-state index is 0.0312. The quantitative estimate of drug-likeness (QED) is 0.717. The van der Waals surface area contributed by atoms with Gasteiger partial charge in [0, 0.05) is 19.3 Å². The minimum atomic E-state index is -2.85. The van der Waals surface area contributed by atoms with E-state index in [1.54, 1.807) is 6.92 Å². The molecule has 2 fully saturated rings. The molecular formula is C12H18F2O4. The second-order valence-corrected chi connectivity index (χ2v) is 4.73. The van der Waals surface area contributed by atoms with Crippen LogP contribution in [0.3, 0.4) is 0 Å². The van der Waals surface area contributed by atoms with Gasteiger partial charge in [0.15, 0.2) is 5.79 Å². The molecule has 0 bridgehead atoms. The van der Waals surface area contributed by atoms with Crippen LogP contribution in [0.15, 0.2) is 0 Å². The zero-order valence-corrected chi connectivity index (χ0v) is 10.4. The highest BCUT2D eigenvalue weighted by Crippen LogP contribution is 2.46. The molecule has 6 heteroatoms. The number of halogens is 2. The summed E-state index contributed by atoms with van der Waals surface area (Å²) in [6.45, 7) is 2.67. The van der Waals surface area contributed by atoms with E-state index in [4.69, 9.17) is 14.2 Å². The maximum absolute atomic E-state index is 13.5. The fourth-order valence-electron chi connectivity index (χ4n) is 2.53. The van der Waals surface area contributed by atoms with Crippen molar-refractivity contribution < 1.29 is 27.8 Å². The van der Waals surface area contributed by atoms with E-state index in [9.17, 15) is 13.6 Å². The van der Waals surface area contributed by atoms with E-state index in [0.717, 1.165) is 0 Å². The first kappa shape index (κ1) is 13.7. The van der Waals surface area contributed by atoms with Gasteiger partial charge in [0.25, 0.3) is 0 Å². The largest absolute Gasteiger partial charge is 0.466 e. The first-order valence-corrected chi connectivity index (χ1v) is 6.31. The lowest BCUT2D eigenvalue weighted by Gasteiger charge is -2.46. The fraction of sp³-hybridized carbons (Fsp3) is 0.917. The maximum atomic E-state index is 13.5. The second kappa shape index (κ2) is 5.09. The van der Waals surface area contributed by atoms with Crippen LogP contribution in [0.25, 0.3) is 0 Å². The Kier molecular flexibility index (Phi) is 3.87. The third-order valence-electron chi connectivity index (χ3n) is 3.43. The third-order valence-corrected chi connectivity index (χ3v) is 3.43. The average Bonchev–Trinajstić information content (AvgIpc) is 2.34. The van der Waals surface area contributed by atoms with E-state index in [-0.39, 0.29) is 19.4 Å². The molecule has 18 heavy (non-hydrogen) atoms. The first-order valence-electron chi connectivity index (χ1n) is 6.31. The molecule has 0 aromatic carbocycles. The standard InChI is InChI=1S/C12H18F2O4/c1-2-16-10(15)9-8-11(13,14)4-5-12(9)17-6-3-7-18-12/h9H,2-8H2,1H3. The topological polar surface area (TPSA) is 44.8 Å². The van der Waals surface area contributed by atoms with Crippen molar-refractivity contribution in [1.29, 1.82) is 0 Å². The van der Waals surface area contributed by atoms with Crippen LogP contribution in [0, 0.1) is 5.92 Å². The van der Waals surface area contributed by atoms with Crippen LogP contribution in [0.5, 0.6) is 0 Å².